The van der Waals surface area contributed by atoms with E-state index in [2.05, 4.69) is 225 Å². The number of aryl methyl sites for hydroxylation is 6. The maximum absolute atomic E-state index is 11.7. The molecule has 2 atom stereocenters. The minimum atomic E-state index is 0. The Hall–Kier alpha value is -6.87. The normalized spacial score (nSPS) is 12.0. The fourth-order valence-electron chi connectivity index (χ4n) is 13.0. The molecule has 0 aliphatic heterocycles. The summed E-state index contributed by atoms with van der Waals surface area (Å²) in [4.78, 5) is 48.7. The molecule has 3 N–H and O–H groups in total. The van der Waals surface area contributed by atoms with Gasteiger partial charge in [0.25, 0.3) is 0 Å². The Balaban J connectivity index is 0.000000664. The second-order valence-corrected chi connectivity index (χ2v) is 30.3. The predicted octanol–water partition coefficient (Wildman–Crippen LogP) is 27.2. The van der Waals surface area contributed by atoms with Crippen molar-refractivity contribution in [2.45, 2.75) is 249 Å². The van der Waals surface area contributed by atoms with E-state index in [0.717, 1.165) is 121 Å². The molecule has 3 aromatic heterocycles. The molecule has 9 aromatic rings. The van der Waals surface area contributed by atoms with Crippen molar-refractivity contribution in [3.05, 3.63) is 232 Å². The number of pyridine rings is 3. The standard InChI is InChI=1S/C21H22N.2C20H20N.2C13H24O2.C11H20O2.3Ir/c1-14(2)9-17-5-6-18-7-8-22-21(20(18)13-17)19-11-15(3)10-16(4)12-19;2*1-13(2)16-5-6-19-17(12-16)7-8-21-20(19)18-10-14(3)9-15(4)11-18;2*1-5-10(6-2)12(14)9-13(15)11(7-3)8-4;1-5-8(3)10(12)7-11(13)9(4)6-2;;;/h5-8,10-11,13-14H,9H2,1-4H3;2*5-10,12-13H,1-4H3;2*9-11,14H,5-8H2,1-4H3;7-9,12H,5-6H2,1-4H3;;;/q3*-1;;;;;;. The third-order valence-electron chi connectivity index (χ3n) is 20.3. The van der Waals surface area contributed by atoms with E-state index in [1.165, 1.54) is 83.9 Å². The van der Waals surface area contributed by atoms with Gasteiger partial charge in [-0.2, -0.15) is 0 Å². The van der Waals surface area contributed by atoms with Gasteiger partial charge >= 0.3 is 0 Å². The Kier molecular flexibility index (Phi) is 47.5. The summed E-state index contributed by atoms with van der Waals surface area (Å²) in [5.41, 5.74) is 17.7. The van der Waals surface area contributed by atoms with Crippen LogP contribution in [-0.4, -0.2) is 47.6 Å². The number of fused-ring (bicyclic) bond motifs is 3. The molecule has 0 saturated carbocycles. The molecular formula is C98H130Ir3N3O6-3. The third kappa shape index (κ3) is 32.0. The van der Waals surface area contributed by atoms with Gasteiger partial charge in [-0.15, -0.1) is 105 Å². The molecule has 0 amide bonds. The van der Waals surface area contributed by atoms with Gasteiger partial charge < -0.3 is 30.3 Å². The van der Waals surface area contributed by atoms with Gasteiger partial charge in [0.05, 0.1) is 17.3 Å². The molecule has 3 radical (unpaired) electrons. The quantitative estimate of drug-likeness (QED) is 0.0273. The molecule has 3 heterocycles. The van der Waals surface area contributed by atoms with Crippen molar-refractivity contribution < 1.29 is 90.0 Å². The number of aliphatic hydroxyl groups is 3. The van der Waals surface area contributed by atoms with Crippen LogP contribution < -0.4 is 0 Å². The number of allylic oxidation sites excluding steroid dienone is 6. The zero-order valence-electron chi connectivity index (χ0n) is 70.7. The van der Waals surface area contributed by atoms with Crippen molar-refractivity contribution in [1.82, 2.24) is 15.0 Å². The van der Waals surface area contributed by atoms with E-state index in [-0.39, 0.29) is 130 Å². The maximum atomic E-state index is 11.7. The fraction of sp³-hybridized carbons (Fsp3) is 0.449. The molecule has 9 rings (SSSR count). The molecule has 2 unspecified atom stereocenters. The van der Waals surface area contributed by atoms with Crippen LogP contribution in [0.25, 0.3) is 66.1 Å². The molecule has 9 nitrogen and oxygen atoms in total. The summed E-state index contributed by atoms with van der Waals surface area (Å²) in [5, 5.41) is 36.3. The van der Waals surface area contributed by atoms with Gasteiger partial charge in [0.15, 0.2) is 17.3 Å². The third-order valence-corrected chi connectivity index (χ3v) is 20.3. The number of carbonyl (C=O) groups excluding carboxylic acids is 3. The van der Waals surface area contributed by atoms with Crippen LogP contribution in [0.1, 0.15) is 251 Å². The number of hydrogen-bond donors (Lipinski definition) is 3. The maximum Gasteiger partial charge on any atom is 0.162 e. The molecule has 603 valence electrons. The summed E-state index contributed by atoms with van der Waals surface area (Å²) in [6.45, 7) is 49.9. The van der Waals surface area contributed by atoms with Crippen LogP contribution in [0.2, 0.25) is 0 Å². The van der Waals surface area contributed by atoms with Crippen LogP contribution in [0.5, 0.6) is 0 Å². The van der Waals surface area contributed by atoms with Crippen LogP contribution in [-0.2, 0) is 81.1 Å². The number of nitrogens with zero attached hydrogens (tertiary/aromatic N) is 3. The van der Waals surface area contributed by atoms with Crippen LogP contribution in [0.3, 0.4) is 0 Å². The molecule has 0 spiro atoms. The SMILES string of the molecule is CCC(C)C(=O)C=C(O)C(C)CC.CCC(CC)C(=O)C=C(O)C(CC)CC.CCC(CC)C(=O)C=C(O)C(CC)CC.Cc1[c-]c(-c2nccc3cc(C(C)C)ccc23)cc(C)c1.Cc1[c-]c(-c2nccc3cc(C(C)C)ccc23)cc(C)c1.Cc1[c-]c(-c2nccc3ccc(CC(C)C)cc23)cc(C)c1.[Ir].[Ir].[Ir]. The molecule has 0 aliphatic rings. The summed E-state index contributed by atoms with van der Waals surface area (Å²) in [6.07, 6.45) is 19.7. The van der Waals surface area contributed by atoms with Crippen molar-refractivity contribution in [2.75, 3.05) is 0 Å². The molecule has 0 aliphatic carbocycles. The van der Waals surface area contributed by atoms with Crippen LogP contribution in [0.4, 0.5) is 0 Å². The van der Waals surface area contributed by atoms with E-state index < -0.39 is 0 Å². The summed E-state index contributed by atoms with van der Waals surface area (Å²) < 4.78 is 0. The van der Waals surface area contributed by atoms with Gasteiger partial charge in [-0.1, -0.05) is 221 Å². The van der Waals surface area contributed by atoms with E-state index in [0.29, 0.717) is 17.8 Å². The Morgan fingerprint density at radius 1 is 0.355 bits per heavy atom. The first-order chi connectivity index (χ1) is 50.8. The number of benzene rings is 6. The number of aliphatic hydroxyl groups excluding tert-OH is 3. The molecule has 0 bridgehead atoms. The minimum absolute atomic E-state index is 0. The van der Waals surface area contributed by atoms with Crippen LogP contribution in [0, 0.1) is 101 Å². The van der Waals surface area contributed by atoms with E-state index in [1.807, 2.05) is 102 Å². The molecule has 0 saturated heterocycles. The Bertz CT molecular complexity index is 4150. The van der Waals surface area contributed by atoms with E-state index in [9.17, 15) is 29.7 Å². The minimum Gasteiger partial charge on any atom is -0.512 e. The molecular weight excluding hydrogens is 1890 g/mol. The second-order valence-electron chi connectivity index (χ2n) is 30.3. The number of ketones is 3. The van der Waals surface area contributed by atoms with Crippen LogP contribution >= 0.6 is 0 Å². The number of rotatable bonds is 26. The topological polar surface area (TPSA) is 151 Å². The fourth-order valence-corrected chi connectivity index (χ4v) is 13.0. The van der Waals surface area contributed by atoms with Gasteiger partial charge in [0.2, 0.25) is 0 Å². The van der Waals surface area contributed by atoms with Crippen molar-refractivity contribution in [2.24, 2.45) is 41.4 Å². The number of hydrogen-bond acceptors (Lipinski definition) is 9. The first-order valence-electron chi connectivity index (χ1n) is 39.8. The summed E-state index contributed by atoms with van der Waals surface area (Å²) in [7, 11) is 0. The largest absolute Gasteiger partial charge is 0.512 e. The average Bonchev–Trinajstić information content (AvgIpc) is 0.802. The molecule has 0 fully saturated rings. The van der Waals surface area contributed by atoms with Gasteiger partial charge in [-0.05, 0) is 173 Å². The number of aromatic nitrogens is 3. The first kappa shape index (κ1) is 101. The second kappa shape index (κ2) is 51.7. The van der Waals surface area contributed by atoms with Crippen molar-refractivity contribution in [3.63, 3.8) is 0 Å². The van der Waals surface area contributed by atoms with Crippen molar-refractivity contribution >= 4 is 49.7 Å². The van der Waals surface area contributed by atoms with Crippen molar-refractivity contribution in [3.8, 4) is 33.8 Å². The molecule has 12 heteroatoms. The van der Waals surface area contributed by atoms with Gasteiger partial charge in [-0.25, -0.2) is 0 Å². The van der Waals surface area contributed by atoms with Gasteiger partial charge in [0.1, 0.15) is 0 Å². The zero-order chi connectivity index (χ0) is 79.8. The smallest absolute Gasteiger partial charge is 0.162 e. The summed E-state index contributed by atoms with van der Waals surface area (Å²) >= 11 is 0. The predicted molar refractivity (Wildman–Crippen MR) is 456 cm³/mol. The van der Waals surface area contributed by atoms with Crippen molar-refractivity contribution in [1.29, 1.82) is 0 Å². The zero-order valence-corrected chi connectivity index (χ0v) is 77.9. The van der Waals surface area contributed by atoms with E-state index in [1.54, 1.807) is 0 Å². The first-order valence-corrected chi connectivity index (χ1v) is 39.8. The van der Waals surface area contributed by atoms with E-state index in [4.69, 9.17) is 0 Å². The molecule has 110 heavy (non-hydrogen) atoms. The number of carbonyl (C=O) groups is 3. The van der Waals surface area contributed by atoms with Crippen LogP contribution in [0.15, 0.2) is 163 Å². The average molecular weight is 2020 g/mol. The molecule has 6 aromatic carbocycles. The Morgan fingerprint density at radius 2 is 0.682 bits per heavy atom. The van der Waals surface area contributed by atoms with E-state index >= 15 is 0 Å². The summed E-state index contributed by atoms with van der Waals surface area (Å²) in [6, 6.07) is 49.6. The summed E-state index contributed by atoms with van der Waals surface area (Å²) in [5.74, 6) is 3.19. The van der Waals surface area contributed by atoms with Gasteiger partial charge in [0, 0.05) is 133 Å². The Morgan fingerprint density at radius 3 is 0.991 bits per heavy atom. The monoisotopic (exact) mass is 2020 g/mol. The Labute approximate surface area is 704 Å². The van der Waals surface area contributed by atoms with Gasteiger partial charge in [-0.3, -0.25) is 14.4 Å².